The van der Waals surface area contributed by atoms with Gasteiger partial charge in [0.1, 0.15) is 10.8 Å². The average Bonchev–Trinajstić information content (AvgIpc) is 3.10. The standard InChI is InChI=1S/C23H28FN3O6S/c1-5-32-18(29)13-27(11-15-7-9-16(24)10-8-15)12-17(28)26-22-19(23(31)33-6-2)14(3)20(34-22)21(30)25-4/h7-10H,5-6,11-13H2,1-4H3,(H,25,30)(H,26,28). The van der Waals surface area contributed by atoms with E-state index >= 15 is 0 Å². The molecule has 0 aliphatic rings. The van der Waals surface area contributed by atoms with Crippen molar-refractivity contribution in [2.45, 2.75) is 27.3 Å². The number of benzene rings is 1. The Morgan fingerprint density at radius 2 is 1.68 bits per heavy atom. The Morgan fingerprint density at radius 1 is 1.03 bits per heavy atom. The lowest BCUT2D eigenvalue weighted by molar-refractivity contribution is -0.144. The molecule has 0 radical (unpaired) electrons. The van der Waals surface area contributed by atoms with Gasteiger partial charge in [0, 0.05) is 13.6 Å². The number of anilines is 1. The van der Waals surface area contributed by atoms with Gasteiger partial charge < -0.3 is 20.1 Å². The summed E-state index contributed by atoms with van der Waals surface area (Å²) in [6.45, 7) is 5.04. The average molecular weight is 494 g/mol. The summed E-state index contributed by atoms with van der Waals surface area (Å²) in [7, 11) is 1.46. The molecule has 9 nitrogen and oxygen atoms in total. The summed E-state index contributed by atoms with van der Waals surface area (Å²) in [4.78, 5) is 51.4. The molecule has 0 saturated carbocycles. The van der Waals surface area contributed by atoms with E-state index < -0.39 is 29.6 Å². The molecule has 2 N–H and O–H groups in total. The van der Waals surface area contributed by atoms with E-state index in [0.29, 0.717) is 11.1 Å². The second kappa shape index (κ2) is 12.8. The van der Waals surface area contributed by atoms with E-state index in [1.807, 2.05) is 0 Å². The molecule has 1 aromatic carbocycles. The van der Waals surface area contributed by atoms with Crippen LogP contribution in [0.1, 0.15) is 45.0 Å². The third-order valence-electron chi connectivity index (χ3n) is 4.66. The van der Waals surface area contributed by atoms with Crippen LogP contribution in [0.3, 0.4) is 0 Å². The first kappa shape index (κ1) is 26.9. The van der Waals surface area contributed by atoms with Gasteiger partial charge in [-0.05, 0) is 44.0 Å². The first-order valence-electron chi connectivity index (χ1n) is 10.6. The number of carbonyl (C=O) groups excluding carboxylic acids is 4. The summed E-state index contributed by atoms with van der Waals surface area (Å²) < 4.78 is 23.3. The molecule has 0 unspecified atom stereocenters. The molecule has 1 heterocycles. The number of amides is 2. The fourth-order valence-electron chi connectivity index (χ4n) is 3.15. The van der Waals surface area contributed by atoms with Gasteiger partial charge in [0.05, 0.1) is 36.7 Å². The number of hydrogen-bond donors (Lipinski definition) is 2. The Kier molecular flexibility index (Phi) is 10.1. The van der Waals surface area contributed by atoms with E-state index in [1.165, 1.54) is 24.1 Å². The molecule has 1 aromatic heterocycles. The second-order valence-electron chi connectivity index (χ2n) is 7.18. The zero-order chi connectivity index (χ0) is 25.3. The first-order valence-corrected chi connectivity index (χ1v) is 11.5. The number of ether oxygens (including phenoxy) is 2. The maximum absolute atomic E-state index is 13.2. The summed E-state index contributed by atoms with van der Waals surface area (Å²) in [6.07, 6.45) is 0. The van der Waals surface area contributed by atoms with Crippen molar-refractivity contribution < 1.29 is 33.0 Å². The quantitative estimate of drug-likeness (QED) is 0.463. The van der Waals surface area contributed by atoms with Crippen LogP contribution in [-0.2, 0) is 25.6 Å². The fourth-order valence-corrected chi connectivity index (χ4v) is 4.31. The molecular weight excluding hydrogens is 465 g/mol. The largest absolute Gasteiger partial charge is 0.465 e. The van der Waals surface area contributed by atoms with Crippen LogP contribution in [0.15, 0.2) is 24.3 Å². The monoisotopic (exact) mass is 493 g/mol. The van der Waals surface area contributed by atoms with Gasteiger partial charge in [0.15, 0.2) is 0 Å². The molecule has 2 aromatic rings. The van der Waals surface area contributed by atoms with Gasteiger partial charge in [-0.3, -0.25) is 19.3 Å². The van der Waals surface area contributed by atoms with E-state index in [2.05, 4.69) is 10.6 Å². The van der Waals surface area contributed by atoms with Crippen molar-refractivity contribution >= 4 is 40.1 Å². The minimum absolute atomic E-state index is 0.106. The van der Waals surface area contributed by atoms with Gasteiger partial charge in [-0.15, -0.1) is 11.3 Å². The molecule has 0 aliphatic heterocycles. The molecule has 0 saturated heterocycles. The van der Waals surface area contributed by atoms with Crippen molar-refractivity contribution in [3.63, 3.8) is 0 Å². The SMILES string of the molecule is CCOC(=O)CN(CC(=O)Nc1sc(C(=O)NC)c(C)c1C(=O)OCC)Cc1ccc(F)cc1. The van der Waals surface area contributed by atoms with Gasteiger partial charge in [0.25, 0.3) is 5.91 Å². The second-order valence-corrected chi connectivity index (χ2v) is 8.21. The van der Waals surface area contributed by atoms with Crippen LogP contribution in [0.25, 0.3) is 0 Å². The Bertz CT molecular complexity index is 1040. The number of carbonyl (C=O) groups is 4. The van der Waals surface area contributed by atoms with Crippen LogP contribution in [0.5, 0.6) is 0 Å². The minimum Gasteiger partial charge on any atom is -0.465 e. The van der Waals surface area contributed by atoms with Gasteiger partial charge >= 0.3 is 11.9 Å². The van der Waals surface area contributed by atoms with E-state index in [4.69, 9.17) is 9.47 Å². The zero-order valence-electron chi connectivity index (χ0n) is 19.5. The van der Waals surface area contributed by atoms with Crippen LogP contribution in [0.2, 0.25) is 0 Å². The summed E-state index contributed by atoms with van der Waals surface area (Å²) in [5.41, 5.74) is 1.20. The molecule has 0 spiro atoms. The number of esters is 2. The van der Waals surface area contributed by atoms with Crippen LogP contribution in [0.4, 0.5) is 9.39 Å². The molecule has 0 aliphatic carbocycles. The van der Waals surface area contributed by atoms with Crippen molar-refractivity contribution in [2.75, 3.05) is 38.7 Å². The van der Waals surface area contributed by atoms with E-state index in [1.54, 1.807) is 32.9 Å². The molecule has 11 heteroatoms. The summed E-state index contributed by atoms with van der Waals surface area (Å²) >= 11 is 0.959. The summed E-state index contributed by atoms with van der Waals surface area (Å²) in [5.74, 6) is -2.48. The predicted molar refractivity (Wildman–Crippen MR) is 125 cm³/mol. The molecule has 0 fully saturated rings. The van der Waals surface area contributed by atoms with Crippen molar-refractivity contribution in [1.82, 2.24) is 10.2 Å². The minimum atomic E-state index is -0.656. The molecule has 34 heavy (non-hydrogen) atoms. The number of rotatable bonds is 11. The summed E-state index contributed by atoms with van der Waals surface area (Å²) in [5, 5.41) is 5.35. The third-order valence-corrected chi connectivity index (χ3v) is 5.86. The number of hydrogen-bond acceptors (Lipinski definition) is 8. The summed E-state index contributed by atoms with van der Waals surface area (Å²) in [6, 6.07) is 5.70. The first-order chi connectivity index (χ1) is 16.2. The zero-order valence-corrected chi connectivity index (χ0v) is 20.3. The Balaban J connectivity index is 2.25. The Labute approximate surface area is 201 Å². The number of nitrogens with zero attached hydrogens (tertiary/aromatic N) is 1. The highest BCUT2D eigenvalue weighted by Crippen LogP contribution is 2.33. The van der Waals surface area contributed by atoms with Gasteiger partial charge in [-0.1, -0.05) is 12.1 Å². The van der Waals surface area contributed by atoms with Gasteiger partial charge in [-0.25, -0.2) is 9.18 Å². The van der Waals surface area contributed by atoms with Crippen molar-refractivity contribution in [1.29, 1.82) is 0 Å². The molecule has 2 amide bonds. The van der Waals surface area contributed by atoms with Crippen LogP contribution in [0, 0.1) is 12.7 Å². The highest BCUT2D eigenvalue weighted by atomic mass is 32.1. The third kappa shape index (κ3) is 7.35. The maximum atomic E-state index is 13.2. The number of nitrogens with one attached hydrogen (secondary N) is 2. The fraction of sp³-hybridized carbons (Fsp3) is 0.391. The highest BCUT2D eigenvalue weighted by molar-refractivity contribution is 7.18. The van der Waals surface area contributed by atoms with Crippen molar-refractivity contribution in [2.24, 2.45) is 0 Å². The van der Waals surface area contributed by atoms with Gasteiger partial charge in [-0.2, -0.15) is 0 Å². The highest BCUT2D eigenvalue weighted by Gasteiger charge is 2.27. The van der Waals surface area contributed by atoms with Crippen molar-refractivity contribution in [3.8, 4) is 0 Å². The van der Waals surface area contributed by atoms with E-state index in [-0.39, 0.29) is 48.3 Å². The van der Waals surface area contributed by atoms with Crippen LogP contribution < -0.4 is 10.6 Å². The lowest BCUT2D eigenvalue weighted by atomic mass is 10.1. The lowest BCUT2D eigenvalue weighted by Gasteiger charge is -2.21. The smallest absolute Gasteiger partial charge is 0.341 e. The topological polar surface area (TPSA) is 114 Å². The van der Waals surface area contributed by atoms with Gasteiger partial charge in [0.2, 0.25) is 5.91 Å². The Morgan fingerprint density at radius 3 is 2.26 bits per heavy atom. The normalized spacial score (nSPS) is 10.6. The number of thiophene rings is 1. The predicted octanol–water partition coefficient (Wildman–Crippen LogP) is 2.74. The van der Waals surface area contributed by atoms with E-state index in [9.17, 15) is 23.6 Å². The molecule has 0 bridgehead atoms. The molecule has 2 rings (SSSR count). The molecule has 0 atom stereocenters. The van der Waals surface area contributed by atoms with Crippen LogP contribution in [-0.4, -0.2) is 62.0 Å². The van der Waals surface area contributed by atoms with E-state index in [0.717, 1.165) is 11.3 Å². The molecule has 184 valence electrons. The molecular formula is C23H28FN3O6S. The maximum Gasteiger partial charge on any atom is 0.341 e. The Hall–Kier alpha value is -3.31. The number of halogens is 1. The van der Waals surface area contributed by atoms with Crippen LogP contribution >= 0.6 is 11.3 Å². The van der Waals surface area contributed by atoms with Crippen molar-refractivity contribution in [3.05, 3.63) is 51.7 Å². The lowest BCUT2D eigenvalue weighted by Crippen LogP contribution is -2.37.